The third-order valence-corrected chi connectivity index (χ3v) is 6.44. The van der Waals surface area contributed by atoms with Crippen LogP contribution in [0.3, 0.4) is 0 Å². The number of hydrogen-bond acceptors (Lipinski definition) is 4. The molecule has 1 amide bonds. The molecule has 0 unspecified atom stereocenters. The number of H-pyrrole nitrogens is 1. The molecule has 144 valence electrons. The first-order valence-electron chi connectivity index (χ1n) is 10.4. The molecule has 0 spiro atoms. The van der Waals surface area contributed by atoms with Gasteiger partial charge in [0.1, 0.15) is 0 Å². The van der Waals surface area contributed by atoms with Crippen molar-refractivity contribution in [2.75, 3.05) is 32.8 Å². The van der Waals surface area contributed by atoms with E-state index in [4.69, 9.17) is 4.74 Å². The Balaban J connectivity index is 1.44. The van der Waals surface area contributed by atoms with Crippen molar-refractivity contribution in [3.63, 3.8) is 0 Å². The van der Waals surface area contributed by atoms with E-state index in [1.165, 1.54) is 44.9 Å². The van der Waals surface area contributed by atoms with E-state index in [1.54, 1.807) is 6.20 Å². The molecule has 3 heterocycles. The van der Waals surface area contributed by atoms with Crippen LogP contribution >= 0.6 is 0 Å². The molecule has 6 heteroatoms. The molecule has 0 bridgehead atoms. The summed E-state index contributed by atoms with van der Waals surface area (Å²) < 4.78 is 5.84. The number of rotatable bonds is 4. The maximum atomic E-state index is 13.2. The van der Waals surface area contributed by atoms with Crippen LogP contribution in [0.4, 0.5) is 0 Å². The molecule has 1 aromatic heterocycles. The summed E-state index contributed by atoms with van der Waals surface area (Å²) in [6.07, 6.45) is 10.3. The topological polar surface area (TPSA) is 61.5 Å². The van der Waals surface area contributed by atoms with Crippen LogP contribution in [0.2, 0.25) is 0 Å². The van der Waals surface area contributed by atoms with Crippen LogP contribution in [0.15, 0.2) is 6.20 Å². The Morgan fingerprint density at radius 2 is 2.12 bits per heavy atom. The average molecular weight is 361 g/mol. The van der Waals surface area contributed by atoms with E-state index in [-0.39, 0.29) is 5.91 Å². The molecule has 6 nitrogen and oxygen atoms in total. The van der Waals surface area contributed by atoms with Gasteiger partial charge in [-0.3, -0.25) is 14.8 Å². The van der Waals surface area contributed by atoms with Gasteiger partial charge < -0.3 is 9.64 Å². The van der Waals surface area contributed by atoms with E-state index >= 15 is 0 Å². The molecule has 3 fully saturated rings. The van der Waals surface area contributed by atoms with E-state index in [1.807, 2.05) is 4.90 Å². The van der Waals surface area contributed by atoms with Crippen molar-refractivity contribution in [1.82, 2.24) is 20.0 Å². The SMILES string of the molecule is CCC[C@H]1COC[C@H]2CN(C(=O)c3cn[nH]c3C3CCCCC3)CCN12. The van der Waals surface area contributed by atoms with Gasteiger partial charge in [-0.2, -0.15) is 5.10 Å². The van der Waals surface area contributed by atoms with Crippen LogP contribution in [0.25, 0.3) is 0 Å². The average Bonchev–Trinajstić information content (AvgIpc) is 3.18. The summed E-state index contributed by atoms with van der Waals surface area (Å²) in [6.45, 7) is 6.35. The standard InChI is InChI=1S/C20H32N4O2/c1-2-6-16-13-26-14-17-12-23(9-10-24(16)17)20(25)18-11-21-22-19(18)15-7-4-3-5-8-15/h11,15-17H,2-10,12-14H2,1H3,(H,21,22)/t16-,17+/m0/s1. The van der Waals surface area contributed by atoms with Crippen molar-refractivity contribution in [1.29, 1.82) is 0 Å². The first-order valence-corrected chi connectivity index (χ1v) is 10.4. The lowest BCUT2D eigenvalue weighted by molar-refractivity contribution is -0.0776. The van der Waals surface area contributed by atoms with Gasteiger partial charge in [-0.15, -0.1) is 0 Å². The van der Waals surface area contributed by atoms with Crippen LogP contribution in [-0.2, 0) is 4.74 Å². The molecule has 2 atom stereocenters. The van der Waals surface area contributed by atoms with Crippen molar-refractivity contribution in [2.24, 2.45) is 0 Å². The minimum Gasteiger partial charge on any atom is -0.378 e. The molecule has 1 saturated carbocycles. The molecule has 1 aromatic rings. The molecular weight excluding hydrogens is 328 g/mol. The number of aromatic nitrogens is 2. The number of carbonyl (C=O) groups is 1. The van der Waals surface area contributed by atoms with E-state index in [9.17, 15) is 4.79 Å². The van der Waals surface area contributed by atoms with Gasteiger partial charge in [0.25, 0.3) is 5.91 Å². The zero-order valence-corrected chi connectivity index (χ0v) is 16.0. The predicted molar refractivity (Wildman–Crippen MR) is 100 cm³/mol. The van der Waals surface area contributed by atoms with Crippen LogP contribution < -0.4 is 0 Å². The smallest absolute Gasteiger partial charge is 0.257 e. The third-order valence-electron chi connectivity index (χ3n) is 6.44. The Bertz CT molecular complexity index is 609. The lowest BCUT2D eigenvalue weighted by Gasteiger charge is -2.48. The van der Waals surface area contributed by atoms with Gasteiger partial charge in [-0.05, 0) is 19.3 Å². The highest BCUT2D eigenvalue weighted by molar-refractivity contribution is 5.95. The summed E-state index contributed by atoms with van der Waals surface area (Å²) in [4.78, 5) is 17.8. The molecule has 4 rings (SSSR count). The summed E-state index contributed by atoms with van der Waals surface area (Å²) in [6, 6.07) is 0.853. The zero-order valence-electron chi connectivity index (χ0n) is 16.0. The Kier molecular flexibility index (Phi) is 5.60. The second-order valence-corrected chi connectivity index (χ2v) is 8.16. The molecule has 2 aliphatic heterocycles. The highest BCUT2D eigenvalue weighted by atomic mass is 16.5. The number of piperazine rings is 1. The second kappa shape index (κ2) is 8.09. The number of morpholine rings is 1. The predicted octanol–water partition coefficient (Wildman–Crippen LogP) is 2.78. The van der Waals surface area contributed by atoms with Crippen LogP contribution in [0.5, 0.6) is 0 Å². The minimum atomic E-state index is 0.150. The van der Waals surface area contributed by atoms with Crippen molar-refractivity contribution < 1.29 is 9.53 Å². The summed E-state index contributed by atoms with van der Waals surface area (Å²) in [5, 5.41) is 7.37. The molecule has 2 saturated heterocycles. The van der Waals surface area contributed by atoms with E-state index in [0.717, 1.165) is 44.1 Å². The molecular formula is C20H32N4O2. The van der Waals surface area contributed by atoms with Gasteiger partial charge >= 0.3 is 0 Å². The van der Waals surface area contributed by atoms with E-state index in [2.05, 4.69) is 22.0 Å². The Hall–Kier alpha value is -1.40. The first-order chi connectivity index (χ1) is 12.8. The summed E-state index contributed by atoms with van der Waals surface area (Å²) >= 11 is 0. The van der Waals surface area contributed by atoms with Crippen molar-refractivity contribution in [3.8, 4) is 0 Å². The largest absolute Gasteiger partial charge is 0.378 e. The number of fused-ring (bicyclic) bond motifs is 1. The lowest BCUT2D eigenvalue weighted by Crippen LogP contribution is -2.62. The van der Waals surface area contributed by atoms with Gasteiger partial charge in [-0.1, -0.05) is 32.6 Å². The van der Waals surface area contributed by atoms with Crippen LogP contribution in [0, 0.1) is 0 Å². The van der Waals surface area contributed by atoms with Gasteiger partial charge in [0, 0.05) is 31.6 Å². The number of aromatic amines is 1. The summed E-state index contributed by atoms with van der Waals surface area (Å²) in [7, 11) is 0. The maximum Gasteiger partial charge on any atom is 0.257 e. The van der Waals surface area contributed by atoms with Crippen LogP contribution in [0.1, 0.15) is 73.8 Å². The Morgan fingerprint density at radius 3 is 2.92 bits per heavy atom. The van der Waals surface area contributed by atoms with Crippen molar-refractivity contribution >= 4 is 5.91 Å². The molecule has 1 aliphatic carbocycles. The number of ether oxygens (including phenoxy) is 1. The fourth-order valence-electron chi connectivity index (χ4n) is 5.04. The highest BCUT2D eigenvalue weighted by Gasteiger charge is 2.37. The molecule has 0 radical (unpaired) electrons. The number of carbonyl (C=O) groups excluding carboxylic acids is 1. The van der Waals surface area contributed by atoms with Crippen molar-refractivity contribution in [2.45, 2.75) is 69.9 Å². The molecule has 0 aromatic carbocycles. The number of hydrogen-bond donors (Lipinski definition) is 1. The van der Waals surface area contributed by atoms with E-state index in [0.29, 0.717) is 18.0 Å². The Labute approximate surface area is 156 Å². The van der Waals surface area contributed by atoms with Crippen LogP contribution in [-0.4, -0.2) is 70.8 Å². The van der Waals surface area contributed by atoms with Gasteiger partial charge in [0.05, 0.1) is 36.7 Å². The maximum absolute atomic E-state index is 13.2. The zero-order chi connectivity index (χ0) is 17.9. The number of nitrogens with zero attached hydrogens (tertiary/aromatic N) is 3. The second-order valence-electron chi connectivity index (χ2n) is 8.16. The highest BCUT2D eigenvalue weighted by Crippen LogP contribution is 2.33. The van der Waals surface area contributed by atoms with Gasteiger partial charge in [-0.25, -0.2) is 0 Å². The molecule has 1 N–H and O–H groups in total. The molecule has 3 aliphatic rings. The first kappa shape index (κ1) is 18.0. The summed E-state index contributed by atoms with van der Waals surface area (Å²) in [5.41, 5.74) is 1.87. The fraction of sp³-hybridized carbons (Fsp3) is 0.800. The Morgan fingerprint density at radius 1 is 1.27 bits per heavy atom. The lowest BCUT2D eigenvalue weighted by atomic mass is 9.85. The minimum absolute atomic E-state index is 0.150. The fourth-order valence-corrected chi connectivity index (χ4v) is 5.04. The normalized spacial score (nSPS) is 28.1. The summed E-state index contributed by atoms with van der Waals surface area (Å²) in [5.74, 6) is 0.620. The molecule has 26 heavy (non-hydrogen) atoms. The van der Waals surface area contributed by atoms with E-state index < -0.39 is 0 Å². The van der Waals surface area contributed by atoms with Crippen molar-refractivity contribution in [3.05, 3.63) is 17.5 Å². The quantitative estimate of drug-likeness (QED) is 0.897. The number of nitrogens with one attached hydrogen (secondary N) is 1. The third kappa shape index (κ3) is 3.54. The number of amides is 1. The monoisotopic (exact) mass is 360 g/mol. The van der Waals surface area contributed by atoms with Gasteiger partial charge in [0.2, 0.25) is 0 Å². The van der Waals surface area contributed by atoms with Gasteiger partial charge in [0.15, 0.2) is 0 Å².